The molecule has 0 radical (unpaired) electrons. The molecule has 1 aliphatic rings. The van der Waals surface area contributed by atoms with E-state index in [-0.39, 0.29) is 49.0 Å². The van der Waals surface area contributed by atoms with Gasteiger partial charge < -0.3 is 40.3 Å². The maximum atomic E-state index is 14.2. The molecule has 0 unspecified atom stereocenters. The first-order valence-corrected chi connectivity index (χ1v) is 16.2. The van der Waals surface area contributed by atoms with Gasteiger partial charge in [-0.2, -0.15) is 13.2 Å². The van der Waals surface area contributed by atoms with Crippen LogP contribution in [0.3, 0.4) is 0 Å². The lowest BCUT2D eigenvalue weighted by molar-refractivity contribution is -0.137. The summed E-state index contributed by atoms with van der Waals surface area (Å²) < 4.78 is 51.4. The Labute approximate surface area is 280 Å². The zero-order valence-electron chi connectivity index (χ0n) is 28.4. The van der Waals surface area contributed by atoms with Gasteiger partial charge in [0.25, 0.3) is 5.91 Å². The van der Waals surface area contributed by atoms with E-state index in [9.17, 15) is 32.7 Å². The number of nitrogens with one attached hydrogen (secondary N) is 3. The summed E-state index contributed by atoms with van der Waals surface area (Å²) in [6.07, 6.45) is -3.08. The molecular weight excluding hydrogens is 631 g/mol. The van der Waals surface area contributed by atoms with Crippen LogP contribution in [-0.2, 0) is 10.9 Å². The number of anilines is 2. The molecule has 2 aromatic carbocycles. The molecule has 0 bridgehead atoms. The van der Waals surface area contributed by atoms with E-state index in [1.807, 2.05) is 27.7 Å². The SMILES string of the molecule is CC(C)NC(=O)Nc1ccc2c(c1)C(=O)N([C@H](C)CO)C[C@H](C)[C@H](CN(C)C(=O)Nc1ccc(C(F)(F)F)cc1)OCCCC[C@H](C)O2. The number of aliphatic hydroxyl groups excluding tert-OH is 1. The van der Waals surface area contributed by atoms with Gasteiger partial charge in [-0.15, -0.1) is 0 Å². The first kappa shape index (κ1) is 38.4. The fourth-order valence-corrected chi connectivity index (χ4v) is 5.21. The molecule has 14 heteroatoms. The highest BCUT2D eigenvalue weighted by Crippen LogP contribution is 2.30. The molecule has 1 aliphatic heterocycles. The third-order valence-corrected chi connectivity index (χ3v) is 7.99. The predicted octanol–water partition coefficient (Wildman–Crippen LogP) is 6.19. The van der Waals surface area contributed by atoms with Gasteiger partial charge in [-0.3, -0.25) is 4.79 Å². The van der Waals surface area contributed by atoms with Gasteiger partial charge >= 0.3 is 18.2 Å². The van der Waals surface area contributed by atoms with Crippen LogP contribution in [0.1, 0.15) is 69.8 Å². The van der Waals surface area contributed by atoms with Gasteiger partial charge in [0, 0.05) is 50.1 Å². The zero-order valence-corrected chi connectivity index (χ0v) is 28.4. The molecule has 0 saturated heterocycles. The third kappa shape index (κ3) is 11.3. The number of amides is 5. The number of rotatable bonds is 7. The number of fused-ring (bicyclic) bond motifs is 1. The van der Waals surface area contributed by atoms with Crippen molar-refractivity contribution >= 4 is 29.3 Å². The maximum absolute atomic E-state index is 14.2. The van der Waals surface area contributed by atoms with E-state index in [0.29, 0.717) is 24.5 Å². The minimum Gasteiger partial charge on any atom is -0.490 e. The Kier molecular flexibility index (Phi) is 13.9. The summed E-state index contributed by atoms with van der Waals surface area (Å²) in [5.74, 6) is -0.383. The van der Waals surface area contributed by atoms with Gasteiger partial charge in [-0.05, 0) is 89.4 Å². The van der Waals surface area contributed by atoms with Crippen molar-refractivity contribution in [3.8, 4) is 5.75 Å². The molecular formula is C34H48F3N5O6. The number of urea groups is 2. The van der Waals surface area contributed by atoms with Gasteiger partial charge in [0.15, 0.2) is 0 Å². The van der Waals surface area contributed by atoms with Crippen LogP contribution in [0.2, 0.25) is 0 Å². The van der Waals surface area contributed by atoms with Crippen LogP contribution in [0.4, 0.5) is 34.1 Å². The summed E-state index contributed by atoms with van der Waals surface area (Å²) in [6.45, 7) is 9.52. The third-order valence-electron chi connectivity index (χ3n) is 7.99. The van der Waals surface area contributed by atoms with Crippen molar-refractivity contribution in [3.05, 3.63) is 53.6 Å². The molecule has 266 valence electrons. The predicted molar refractivity (Wildman–Crippen MR) is 177 cm³/mol. The fourth-order valence-electron chi connectivity index (χ4n) is 5.21. The highest BCUT2D eigenvalue weighted by atomic mass is 19.4. The number of ether oxygens (including phenoxy) is 2. The van der Waals surface area contributed by atoms with Crippen LogP contribution in [0, 0.1) is 5.92 Å². The van der Waals surface area contributed by atoms with E-state index < -0.39 is 41.9 Å². The minimum absolute atomic E-state index is 0.0967. The molecule has 0 fully saturated rings. The van der Waals surface area contributed by atoms with Crippen LogP contribution >= 0.6 is 0 Å². The summed E-state index contributed by atoms with van der Waals surface area (Å²) in [5.41, 5.74) is 0.00189. The molecule has 1 heterocycles. The van der Waals surface area contributed by atoms with Crippen LogP contribution < -0.4 is 20.7 Å². The Hall–Kier alpha value is -4.04. The van der Waals surface area contributed by atoms with E-state index in [2.05, 4.69) is 16.0 Å². The van der Waals surface area contributed by atoms with Crippen LogP contribution in [0.15, 0.2) is 42.5 Å². The largest absolute Gasteiger partial charge is 0.490 e. The number of hydrogen-bond acceptors (Lipinski definition) is 6. The molecule has 4 N–H and O–H groups in total. The molecule has 4 atom stereocenters. The Morgan fingerprint density at radius 1 is 1.04 bits per heavy atom. The van der Waals surface area contributed by atoms with Crippen LogP contribution in [0.5, 0.6) is 5.75 Å². The van der Waals surface area contributed by atoms with E-state index in [0.717, 1.165) is 25.0 Å². The van der Waals surface area contributed by atoms with Crippen molar-refractivity contribution in [2.75, 3.05) is 44.0 Å². The van der Waals surface area contributed by atoms with E-state index in [4.69, 9.17) is 9.47 Å². The summed E-state index contributed by atoms with van der Waals surface area (Å²) in [5, 5.41) is 18.3. The lowest BCUT2D eigenvalue weighted by Gasteiger charge is -2.35. The van der Waals surface area contributed by atoms with E-state index in [1.54, 1.807) is 32.2 Å². The van der Waals surface area contributed by atoms with Crippen molar-refractivity contribution in [2.24, 2.45) is 5.92 Å². The lowest BCUT2D eigenvalue weighted by Crippen LogP contribution is -2.48. The number of aliphatic hydroxyl groups is 1. The highest BCUT2D eigenvalue weighted by molar-refractivity contribution is 5.99. The van der Waals surface area contributed by atoms with Crippen molar-refractivity contribution in [1.29, 1.82) is 0 Å². The smallest absolute Gasteiger partial charge is 0.416 e. The molecule has 0 spiro atoms. The minimum atomic E-state index is -4.49. The van der Waals surface area contributed by atoms with Crippen LogP contribution in [0.25, 0.3) is 0 Å². The summed E-state index contributed by atoms with van der Waals surface area (Å²) in [7, 11) is 1.55. The second-order valence-electron chi connectivity index (χ2n) is 12.6. The van der Waals surface area contributed by atoms with Crippen molar-refractivity contribution in [1.82, 2.24) is 15.1 Å². The molecule has 11 nitrogen and oxygen atoms in total. The summed E-state index contributed by atoms with van der Waals surface area (Å²) in [4.78, 5) is 42.6. The Balaban J connectivity index is 1.86. The number of benzene rings is 2. The first-order chi connectivity index (χ1) is 22.6. The lowest BCUT2D eigenvalue weighted by atomic mass is 10.0. The number of carbonyl (C=O) groups excluding carboxylic acids is 3. The van der Waals surface area contributed by atoms with Gasteiger partial charge in [-0.25, -0.2) is 9.59 Å². The zero-order chi connectivity index (χ0) is 35.6. The van der Waals surface area contributed by atoms with E-state index in [1.165, 1.54) is 21.9 Å². The van der Waals surface area contributed by atoms with Gasteiger partial charge in [0.05, 0.1) is 36.0 Å². The molecule has 0 aliphatic carbocycles. The standard InChI is InChI=1S/C34H48F3N5O6/c1-21(2)38-32(45)39-27-14-15-29-28(17-27)31(44)42(23(4)20-43)18-22(3)30(47-16-8-7-9-24(5)48-29)19-41(6)33(46)40-26-12-10-25(11-13-26)34(35,36)37/h10-15,17,21-24,30,43H,7-9,16,18-20H2,1-6H3,(H,40,46)(H2,38,39,45)/t22-,23+,24-,30-/m0/s1. The average Bonchev–Trinajstić information content (AvgIpc) is 3.01. The Morgan fingerprint density at radius 2 is 1.71 bits per heavy atom. The summed E-state index contributed by atoms with van der Waals surface area (Å²) >= 11 is 0. The topological polar surface area (TPSA) is 132 Å². The number of halogens is 3. The number of likely N-dealkylation sites (N-methyl/N-ethyl adjacent to an activating group) is 1. The maximum Gasteiger partial charge on any atom is 0.416 e. The van der Waals surface area contributed by atoms with Gasteiger partial charge in [-0.1, -0.05) is 6.92 Å². The van der Waals surface area contributed by atoms with Crippen molar-refractivity contribution < 1.29 is 42.1 Å². The molecule has 3 rings (SSSR count). The number of alkyl halides is 3. The van der Waals surface area contributed by atoms with Crippen molar-refractivity contribution in [2.45, 2.75) is 84.3 Å². The van der Waals surface area contributed by atoms with E-state index >= 15 is 0 Å². The number of hydrogen-bond donors (Lipinski definition) is 4. The highest BCUT2D eigenvalue weighted by Gasteiger charge is 2.32. The quantitative estimate of drug-likeness (QED) is 0.276. The molecule has 0 aromatic heterocycles. The van der Waals surface area contributed by atoms with Crippen LogP contribution in [-0.4, -0.2) is 90.5 Å². The Bertz CT molecular complexity index is 1370. The molecule has 48 heavy (non-hydrogen) atoms. The monoisotopic (exact) mass is 679 g/mol. The fraction of sp³-hybridized carbons (Fsp3) is 0.559. The second kappa shape index (κ2) is 17.4. The normalized spacial score (nSPS) is 20.2. The number of nitrogens with zero attached hydrogens (tertiary/aromatic N) is 2. The molecule has 2 aromatic rings. The average molecular weight is 680 g/mol. The Morgan fingerprint density at radius 3 is 2.33 bits per heavy atom. The first-order valence-electron chi connectivity index (χ1n) is 16.2. The van der Waals surface area contributed by atoms with Crippen molar-refractivity contribution in [3.63, 3.8) is 0 Å². The summed E-state index contributed by atoms with van der Waals surface area (Å²) in [6, 6.07) is 7.40. The van der Waals surface area contributed by atoms with Gasteiger partial charge in [0.1, 0.15) is 5.75 Å². The van der Waals surface area contributed by atoms with Gasteiger partial charge in [0.2, 0.25) is 0 Å². The molecule has 5 amide bonds. The number of carbonyl (C=O) groups is 3. The molecule has 0 saturated carbocycles. The second-order valence-corrected chi connectivity index (χ2v) is 12.6.